The van der Waals surface area contributed by atoms with Gasteiger partial charge in [-0.1, -0.05) is 0 Å². The smallest absolute Gasteiger partial charge is 0.362 e. The van der Waals surface area contributed by atoms with Crippen molar-refractivity contribution in [3.05, 3.63) is 0 Å². The number of ether oxygens (including phenoxy) is 1. The van der Waals surface area contributed by atoms with E-state index in [0.717, 1.165) is 0 Å². The van der Waals surface area contributed by atoms with Gasteiger partial charge in [-0.2, -0.15) is 0 Å². The minimum Gasteiger partial charge on any atom is -0.464 e. The number of rotatable bonds is 1. The van der Waals surface area contributed by atoms with E-state index in [9.17, 15) is 0 Å². The van der Waals surface area contributed by atoms with Crippen LogP contribution in [0.25, 0.3) is 0 Å². The minimum atomic E-state index is 0.170. The molecule has 0 aromatic carbocycles. The molecule has 0 unspecified atom stereocenters. The molecule has 0 aliphatic rings. The second-order valence-corrected chi connectivity index (χ2v) is 0.979. The summed E-state index contributed by atoms with van der Waals surface area (Å²) in [5, 5.41) is 7.53. The predicted octanol–water partition coefficient (Wildman–Crippen LogP) is 0.0568. The van der Waals surface area contributed by atoms with Gasteiger partial charge in [0.05, 0.1) is 7.11 Å². The molecule has 0 saturated carbocycles. The molecule has 1 aromatic heterocycles. The van der Waals surface area contributed by atoms with Crippen molar-refractivity contribution in [1.29, 1.82) is 0 Å². The van der Waals surface area contributed by atoms with Crippen molar-refractivity contribution in [3.63, 3.8) is 0 Å². The fourth-order valence-electron chi connectivity index (χ4n) is 0.241. The lowest BCUT2D eigenvalue weighted by Crippen LogP contribution is -1.89. The monoisotopic (exact) mass is 119 g/mol. The van der Waals surface area contributed by atoms with E-state index in [1.54, 1.807) is 0 Å². The molecule has 0 aliphatic heterocycles. The van der Waals surface area contributed by atoms with Gasteiger partial charge in [-0.05, 0) is 5.33 Å². The Labute approximate surface area is 44.0 Å². The summed E-state index contributed by atoms with van der Waals surface area (Å²) in [6.07, 6.45) is 0. The van der Waals surface area contributed by atoms with Crippen molar-refractivity contribution in [2.75, 3.05) is 7.11 Å². The van der Waals surface area contributed by atoms with Crippen molar-refractivity contribution in [3.8, 4) is 6.01 Å². The van der Waals surface area contributed by atoms with Crippen LogP contribution in [0.3, 0.4) is 0 Å². The molecule has 0 amide bonds. The number of methoxy groups -OCH3 is 1. The van der Waals surface area contributed by atoms with E-state index in [0.29, 0.717) is 0 Å². The van der Waals surface area contributed by atoms with E-state index in [4.69, 9.17) is 0 Å². The van der Waals surface area contributed by atoms with E-state index in [-0.39, 0.29) is 6.01 Å². The molecule has 0 saturated heterocycles. The van der Waals surface area contributed by atoms with E-state index in [2.05, 4.69) is 24.3 Å². The Hall–Kier alpha value is -1.33. The summed E-state index contributed by atoms with van der Waals surface area (Å²) in [4.78, 5) is 0. The predicted molar refractivity (Wildman–Crippen MR) is 21.7 cm³/mol. The average Bonchev–Trinajstić information content (AvgIpc) is 1.90. The maximum Gasteiger partial charge on any atom is 0.362 e. The SMILES string of the molecule is COc1no[nH]o[nH]1. The highest BCUT2D eigenvalue weighted by Crippen LogP contribution is 1.90. The Morgan fingerprint density at radius 1 is 1.75 bits per heavy atom. The van der Waals surface area contributed by atoms with E-state index >= 15 is 0 Å². The molecule has 2 N–H and O–H groups in total. The largest absolute Gasteiger partial charge is 0.464 e. The Bertz CT molecular complexity index is 154. The number of aromatic amines is 2. The highest BCUT2D eigenvalue weighted by Gasteiger charge is 1.86. The summed E-state index contributed by atoms with van der Waals surface area (Å²) < 4.78 is 13.0. The molecule has 0 aliphatic carbocycles. The number of hydrogen-bond donors (Lipinski definition) is 2. The third kappa shape index (κ3) is 0.837. The summed E-state index contributed by atoms with van der Waals surface area (Å²) in [7, 11) is 1.43. The Morgan fingerprint density at radius 2 is 2.62 bits per heavy atom. The van der Waals surface area contributed by atoms with Gasteiger partial charge in [-0.3, -0.25) is 4.63 Å². The molecule has 0 fully saturated rings. The molecule has 1 heterocycles. The van der Waals surface area contributed by atoms with Crippen LogP contribution < -0.4 is 4.74 Å². The highest BCUT2D eigenvalue weighted by molar-refractivity contribution is 4.75. The number of H-pyrrole nitrogens is 2. The van der Waals surface area contributed by atoms with Crippen LogP contribution in [0.15, 0.2) is 9.26 Å². The standard InChI is InChI=1S/C2H5N3O3/c1-6-2-3-7-5-8-4-2/h5H,1H3,(H,3,4). The normalized spacial score (nSPS) is 8.62. The number of nitrogens with one attached hydrogen (secondary N) is 2. The fourth-order valence-corrected chi connectivity index (χ4v) is 0.241. The van der Waals surface area contributed by atoms with Crippen molar-refractivity contribution in [1.82, 2.24) is 15.6 Å². The molecular formula is C2H5N3O3. The average molecular weight is 119 g/mol. The summed E-state index contributed by atoms with van der Waals surface area (Å²) in [5.74, 6) is 0. The maximum absolute atomic E-state index is 4.54. The summed E-state index contributed by atoms with van der Waals surface area (Å²) in [5.41, 5.74) is 0. The third-order valence-corrected chi connectivity index (χ3v) is 0.539. The zero-order valence-electron chi connectivity index (χ0n) is 4.17. The summed E-state index contributed by atoms with van der Waals surface area (Å²) in [6.45, 7) is 0. The van der Waals surface area contributed by atoms with Gasteiger partial charge < -0.3 is 4.74 Å². The van der Waals surface area contributed by atoms with Gasteiger partial charge in [0, 0.05) is 5.16 Å². The van der Waals surface area contributed by atoms with E-state index < -0.39 is 0 Å². The first-order chi connectivity index (χ1) is 3.93. The van der Waals surface area contributed by atoms with Crippen LogP contribution in [0.2, 0.25) is 0 Å². The Balaban J connectivity index is 2.83. The van der Waals surface area contributed by atoms with E-state index in [1.807, 2.05) is 5.33 Å². The summed E-state index contributed by atoms with van der Waals surface area (Å²) >= 11 is 0. The van der Waals surface area contributed by atoms with Crippen molar-refractivity contribution < 1.29 is 14.0 Å². The molecule has 1 rings (SSSR count). The molecule has 0 radical (unpaired) electrons. The zero-order valence-corrected chi connectivity index (χ0v) is 4.17. The quantitative estimate of drug-likeness (QED) is 0.547. The number of nitrogens with zero attached hydrogens (tertiary/aromatic N) is 1. The zero-order chi connectivity index (χ0) is 5.82. The van der Waals surface area contributed by atoms with Crippen LogP contribution in [0, 0.1) is 0 Å². The molecule has 6 heteroatoms. The van der Waals surface area contributed by atoms with Crippen molar-refractivity contribution in [2.24, 2.45) is 0 Å². The lowest BCUT2D eigenvalue weighted by atomic mass is 11.2. The Morgan fingerprint density at radius 3 is 3.00 bits per heavy atom. The molecule has 0 spiro atoms. The molecule has 1 aromatic rings. The second-order valence-electron chi connectivity index (χ2n) is 0.979. The number of hydrogen-bond acceptors (Lipinski definition) is 4. The molecular weight excluding hydrogens is 114 g/mol. The topological polar surface area (TPSA) is 80.0 Å². The van der Waals surface area contributed by atoms with Crippen LogP contribution in [0.1, 0.15) is 0 Å². The number of aromatic nitrogens is 3. The van der Waals surface area contributed by atoms with Gasteiger partial charge in [-0.15, -0.1) is 5.16 Å². The van der Waals surface area contributed by atoms with Gasteiger partial charge in [-0.25, -0.2) is 4.63 Å². The molecule has 0 atom stereocenters. The summed E-state index contributed by atoms with van der Waals surface area (Å²) in [6, 6.07) is 0.170. The molecule has 46 valence electrons. The van der Waals surface area contributed by atoms with Crippen LogP contribution in [0.4, 0.5) is 0 Å². The van der Waals surface area contributed by atoms with Crippen molar-refractivity contribution in [2.45, 2.75) is 0 Å². The van der Waals surface area contributed by atoms with Crippen LogP contribution >= 0.6 is 0 Å². The second kappa shape index (κ2) is 2.10. The van der Waals surface area contributed by atoms with Gasteiger partial charge >= 0.3 is 6.01 Å². The van der Waals surface area contributed by atoms with Gasteiger partial charge in [0.2, 0.25) is 0 Å². The fraction of sp³-hybridized carbons (Fsp3) is 0.500. The first kappa shape index (κ1) is 4.82. The Kier molecular flexibility index (Phi) is 1.27. The highest BCUT2D eigenvalue weighted by atomic mass is 16.8. The maximum atomic E-state index is 4.54. The van der Waals surface area contributed by atoms with Gasteiger partial charge in [0.15, 0.2) is 0 Å². The van der Waals surface area contributed by atoms with E-state index in [1.165, 1.54) is 7.11 Å². The van der Waals surface area contributed by atoms with Gasteiger partial charge in [0.25, 0.3) is 0 Å². The molecule has 6 nitrogen and oxygen atoms in total. The lowest BCUT2D eigenvalue weighted by Gasteiger charge is -1.90. The first-order valence-electron chi connectivity index (χ1n) is 1.88. The van der Waals surface area contributed by atoms with Crippen LogP contribution in [0.5, 0.6) is 6.01 Å². The third-order valence-electron chi connectivity index (χ3n) is 0.539. The molecule has 0 bridgehead atoms. The lowest BCUT2D eigenvalue weighted by molar-refractivity contribution is 0.0497. The van der Waals surface area contributed by atoms with Crippen LogP contribution in [-0.4, -0.2) is 22.8 Å². The van der Waals surface area contributed by atoms with Gasteiger partial charge in [0.1, 0.15) is 0 Å². The first-order valence-corrected chi connectivity index (χ1v) is 1.88. The minimum absolute atomic E-state index is 0.170. The van der Waals surface area contributed by atoms with Crippen molar-refractivity contribution >= 4 is 0 Å². The molecule has 8 heavy (non-hydrogen) atoms. The van der Waals surface area contributed by atoms with Crippen LogP contribution in [-0.2, 0) is 0 Å².